The molecule has 0 fully saturated rings. The number of Topliss-reactive ketones (excluding diaryl/α,β-unsaturated/α-hetero) is 1. The first kappa shape index (κ1) is 21.4. The zero-order valence-corrected chi connectivity index (χ0v) is 17.6. The highest BCUT2D eigenvalue weighted by Gasteiger charge is 2.28. The highest BCUT2D eigenvalue weighted by molar-refractivity contribution is 9.10. The lowest BCUT2D eigenvalue weighted by Crippen LogP contribution is -2.38. The average molecular weight is 454 g/mol. The number of carbonyl (C=O) groups excluding carboxylic acids is 1. The van der Waals surface area contributed by atoms with Crippen LogP contribution < -0.4 is 5.73 Å². The molecular weight excluding hydrogens is 430 g/mol. The number of nitrogens with two attached hydrogens (primary N) is 1. The van der Waals surface area contributed by atoms with Gasteiger partial charge in [0.15, 0.2) is 5.78 Å². The molecule has 0 amide bonds. The number of hydrogen-bond acceptors (Lipinski definition) is 4. The predicted octanol–water partition coefficient (Wildman–Crippen LogP) is 4.82. The van der Waals surface area contributed by atoms with Gasteiger partial charge < -0.3 is 15.2 Å². The third-order valence-electron chi connectivity index (χ3n) is 4.53. The third kappa shape index (κ3) is 6.61. The van der Waals surface area contributed by atoms with E-state index in [9.17, 15) is 4.79 Å². The molecule has 0 aliphatic rings. The largest absolute Gasteiger partial charge is 0.369 e. The second-order valence-electron chi connectivity index (χ2n) is 6.74. The van der Waals surface area contributed by atoms with Crippen LogP contribution in [0, 0.1) is 0 Å². The molecule has 0 saturated carbocycles. The molecule has 3 rings (SSSR count). The fourth-order valence-corrected chi connectivity index (χ4v) is 3.21. The monoisotopic (exact) mass is 453 g/mol. The first-order chi connectivity index (χ1) is 14.1. The van der Waals surface area contributed by atoms with Gasteiger partial charge in [-0.2, -0.15) is 0 Å². The molecule has 3 aromatic rings. The second-order valence-corrected chi connectivity index (χ2v) is 7.65. The van der Waals surface area contributed by atoms with Crippen LogP contribution in [0.4, 0.5) is 0 Å². The van der Waals surface area contributed by atoms with Crippen LogP contribution in [-0.2, 0) is 27.5 Å². The van der Waals surface area contributed by atoms with Gasteiger partial charge in [0.1, 0.15) is 12.7 Å². The van der Waals surface area contributed by atoms with Crippen molar-refractivity contribution in [3.8, 4) is 0 Å². The van der Waals surface area contributed by atoms with Crippen LogP contribution in [0.5, 0.6) is 0 Å². The van der Waals surface area contributed by atoms with Crippen LogP contribution in [0.15, 0.2) is 89.4 Å². The van der Waals surface area contributed by atoms with Crippen LogP contribution in [0.2, 0.25) is 0 Å². The highest BCUT2D eigenvalue weighted by Crippen LogP contribution is 2.21. The van der Waals surface area contributed by atoms with Crippen LogP contribution in [0.1, 0.15) is 22.7 Å². The molecular formula is C24H24BrNO3. The third-order valence-corrected chi connectivity index (χ3v) is 5.06. The fraction of sp³-hybridized carbons (Fsp3) is 0.208. The molecule has 29 heavy (non-hydrogen) atoms. The standard InChI is InChI=1S/C24H24BrNO3/c25-21-13-11-20(12-14-21)23(26)24(29-16-19-9-5-2-6-10-19)22(27)17-28-15-18-7-3-1-4-8-18/h1-14,23-24H,15-17,26H2/t23-,24+/m1/s1. The summed E-state index contributed by atoms with van der Waals surface area (Å²) in [6, 6.07) is 26.5. The van der Waals surface area contributed by atoms with Gasteiger partial charge in [0, 0.05) is 4.47 Å². The van der Waals surface area contributed by atoms with E-state index in [1.54, 1.807) is 0 Å². The summed E-state index contributed by atoms with van der Waals surface area (Å²) in [6.07, 6.45) is -0.799. The number of ketones is 1. The predicted molar refractivity (Wildman–Crippen MR) is 117 cm³/mol. The van der Waals surface area contributed by atoms with Gasteiger partial charge in [0.25, 0.3) is 0 Å². The summed E-state index contributed by atoms with van der Waals surface area (Å²) in [5.74, 6) is -0.174. The maximum atomic E-state index is 12.9. The molecule has 0 spiro atoms. The molecule has 0 aliphatic heterocycles. The number of benzene rings is 3. The Hall–Kier alpha value is -2.31. The van der Waals surface area contributed by atoms with Crippen molar-refractivity contribution < 1.29 is 14.3 Å². The summed E-state index contributed by atoms with van der Waals surface area (Å²) >= 11 is 3.42. The molecule has 2 N–H and O–H groups in total. The van der Waals surface area contributed by atoms with Crippen LogP contribution in [0.25, 0.3) is 0 Å². The Kier molecular flexibility index (Phi) is 8.14. The Balaban J connectivity index is 1.66. The summed E-state index contributed by atoms with van der Waals surface area (Å²) in [6.45, 7) is 0.615. The van der Waals surface area contributed by atoms with Gasteiger partial charge in [-0.05, 0) is 28.8 Å². The molecule has 0 heterocycles. The van der Waals surface area contributed by atoms with E-state index in [1.165, 1.54) is 0 Å². The van der Waals surface area contributed by atoms with Crippen molar-refractivity contribution in [3.05, 3.63) is 106 Å². The minimum absolute atomic E-state index is 0.0570. The molecule has 0 aromatic heterocycles. The molecule has 0 saturated heterocycles. The quantitative estimate of drug-likeness (QED) is 0.477. The second kappa shape index (κ2) is 11.0. The van der Waals surface area contributed by atoms with Crippen LogP contribution in [0.3, 0.4) is 0 Å². The zero-order chi connectivity index (χ0) is 20.5. The molecule has 0 bridgehead atoms. The van der Waals surface area contributed by atoms with E-state index in [2.05, 4.69) is 15.9 Å². The van der Waals surface area contributed by atoms with E-state index in [1.807, 2.05) is 84.9 Å². The van der Waals surface area contributed by atoms with Crippen LogP contribution in [-0.4, -0.2) is 18.5 Å². The lowest BCUT2D eigenvalue weighted by atomic mass is 9.99. The van der Waals surface area contributed by atoms with Gasteiger partial charge in [-0.25, -0.2) is 0 Å². The average Bonchev–Trinajstić information content (AvgIpc) is 2.76. The van der Waals surface area contributed by atoms with Crippen molar-refractivity contribution in [2.24, 2.45) is 5.73 Å². The van der Waals surface area contributed by atoms with Crippen molar-refractivity contribution in [1.82, 2.24) is 0 Å². The van der Waals surface area contributed by atoms with Crippen molar-refractivity contribution in [1.29, 1.82) is 0 Å². The van der Waals surface area contributed by atoms with Crippen molar-refractivity contribution in [2.45, 2.75) is 25.4 Å². The maximum absolute atomic E-state index is 12.9. The van der Waals surface area contributed by atoms with E-state index in [0.29, 0.717) is 13.2 Å². The number of hydrogen-bond donors (Lipinski definition) is 1. The van der Waals surface area contributed by atoms with Crippen LogP contribution >= 0.6 is 15.9 Å². The summed E-state index contributed by atoms with van der Waals surface area (Å²) in [4.78, 5) is 12.9. The Morgan fingerprint density at radius 1 is 0.828 bits per heavy atom. The van der Waals surface area contributed by atoms with Crippen molar-refractivity contribution in [3.63, 3.8) is 0 Å². The molecule has 2 atom stereocenters. The zero-order valence-electron chi connectivity index (χ0n) is 16.0. The summed E-state index contributed by atoms with van der Waals surface area (Å²) < 4.78 is 12.6. The Morgan fingerprint density at radius 2 is 1.38 bits per heavy atom. The van der Waals surface area contributed by atoms with E-state index in [0.717, 1.165) is 21.2 Å². The lowest BCUT2D eigenvalue weighted by Gasteiger charge is -2.24. The van der Waals surface area contributed by atoms with Gasteiger partial charge in [0.05, 0.1) is 19.3 Å². The molecule has 0 unspecified atom stereocenters. The summed E-state index contributed by atoms with van der Waals surface area (Å²) in [5, 5.41) is 0. The Morgan fingerprint density at radius 3 is 1.97 bits per heavy atom. The van der Waals surface area contributed by atoms with E-state index in [4.69, 9.17) is 15.2 Å². The SMILES string of the molecule is N[C@H](c1ccc(Br)cc1)[C@@H](OCc1ccccc1)C(=O)COCc1ccccc1. The first-order valence-corrected chi connectivity index (χ1v) is 10.2. The molecule has 3 aromatic carbocycles. The smallest absolute Gasteiger partial charge is 0.189 e. The molecule has 5 heteroatoms. The summed E-state index contributed by atoms with van der Waals surface area (Å²) in [5.41, 5.74) is 9.25. The van der Waals surface area contributed by atoms with E-state index in [-0.39, 0.29) is 12.4 Å². The van der Waals surface area contributed by atoms with Gasteiger partial charge in [0.2, 0.25) is 0 Å². The maximum Gasteiger partial charge on any atom is 0.189 e. The number of rotatable bonds is 10. The normalized spacial score (nSPS) is 13.0. The van der Waals surface area contributed by atoms with Crippen molar-refractivity contribution >= 4 is 21.7 Å². The molecule has 0 radical (unpaired) electrons. The van der Waals surface area contributed by atoms with E-state index >= 15 is 0 Å². The first-order valence-electron chi connectivity index (χ1n) is 9.44. The number of ether oxygens (including phenoxy) is 2. The topological polar surface area (TPSA) is 61.5 Å². The fourth-order valence-electron chi connectivity index (χ4n) is 2.94. The minimum Gasteiger partial charge on any atom is -0.369 e. The van der Waals surface area contributed by atoms with Crippen molar-refractivity contribution in [2.75, 3.05) is 6.61 Å². The minimum atomic E-state index is -0.799. The Bertz CT molecular complexity index is 885. The highest BCUT2D eigenvalue weighted by atomic mass is 79.9. The van der Waals surface area contributed by atoms with Gasteiger partial charge >= 0.3 is 0 Å². The lowest BCUT2D eigenvalue weighted by molar-refractivity contribution is -0.138. The molecule has 150 valence electrons. The van der Waals surface area contributed by atoms with Gasteiger partial charge in [-0.1, -0.05) is 88.7 Å². The summed E-state index contributed by atoms with van der Waals surface area (Å²) in [7, 11) is 0. The number of carbonyl (C=O) groups is 1. The Labute approximate surface area is 179 Å². The van der Waals surface area contributed by atoms with Gasteiger partial charge in [-0.3, -0.25) is 4.79 Å². The molecule has 0 aliphatic carbocycles. The van der Waals surface area contributed by atoms with Gasteiger partial charge in [-0.15, -0.1) is 0 Å². The number of halogens is 1. The van der Waals surface area contributed by atoms with E-state index < -0.39 is 12.1 Å². The molecule has 4 nitrogen and oxygen atoms in total.